The fourth-order valence-electron chi connectivity index (χ4n) is 1.04. The molecule has 0 saturated heterocycles. The van der Waals surface area contributed by atoms with Gasteiger partial charge in [0.15, 0.2) is 0 Å². The van der Waals surface area contributed by atoms with Crippen LogP contribution in [0.15, 0.2) is 15.2 Å². The van der Waals surface area contributed by atoms with E-state index in [1.54, 1.807) is 11.3 Å². The Morgan fingerprint density at radius 1 is 1.57 bits per heavy atom. The van der Waals surface area contributed by atoms with Gasteiger partial charge >= 0.3 is 0 Å². The summed E-state index contributed by atoms with van der Waals surface area (Å²) in [7, 11) is 0. The van der Waals surface area contributed by atoms with Crippen LogP contribution < -0.4 is 5.32 Å². The molecular weight excluding hydrogens is 262 g/mol. The monoisotopic (exact) mass is 277 g/mol. The molecule has 0 fully saturated rings. The Morgan fingerprint density at radius 3 is 2.79 bits per heavy atom. The van der Waals surface area contributed by atoms with Crippen molar-refractivity contribution in [2.45, 2.75) is 20.4 Å². The van der Waals surface area contributed by atoms with Crippen LogP contribution in [0.2, 0.25) is 0 Å². The van der Waals surface area contributed by atoms with E-state index in [1.807, 2.05) is 13.8 Å². The maximum absolute atomic E-state index is 9.05. The van der Waals surface area contributed by atoms with E-state index in [0.717, 1.165) is 16.9 Å². The van der Waals surface area contributed by atoms with Crippen LogP contribution in [0.5, 0.6) is 0 Å². The average molecular weight is 278 g/mol. The standard InChI is InChI=1S/C10H16BrNOS/c1-10(2,7-13)6-12-4-8-3-9(11)14-5-8/h3,5,12-13H,4,6-7H2,1-2H3. The van der Waals surface area contributed by atoms with Crippen molar-refractivity contribution in [1.29, 1.82) is 0 Å². The van der Waals surface area contributed by atoms with Gasteiger partial charge in [-0.05, 0) is 32.9 Å². The molecule has 1 aromatic heterocycles. The Morgan fingerprint density at radius 2 is 2.29 bits per heavy atom. The minimum atomic E-state index is -0.0345. The van der Waals surface area contributed by atoms with Crippen molar-refractivity contribution >= 4 is 27.3 Å². The van der Waals surface area contributed by atoms with Crippen molar-refractivity contribution in [3.63, 3.8) is 0 Å². The molecule has 80 valence electrons. The molecule has 2 N–H and O–H groups in total. The van der Waals surface area contributed by atoms with Crippen molar-refractivity contribution in [1.82, 2.24) is 5.32 Å². The first-order valence-electron chi connectivity index (χ1n) is 4.58. The van der Waals surface area contributed by atoms with Gasteiger partial charge in [0.05, 0.1) is 3.79 Å². The third kappa shape index (κ3) is 4.09. The van der Waals surface area contributed by atoms with Crippen molar-refractivity contribution in [2.75, 3.05) is 13.2 Å². The van der Waals surface area contributed by atoms with Gasteiger partial charge in [0.1, 0.15) is 0 Å². The van der Waals surface area contributed by atoms with E-state index < -0.39 is 0 Å². The van der Waals surface area contributed by atoms with Crippen LogP contribution in [-0.2, 0) is 6.54 Å². The summed E-state index contributed by atoms with van der Waals surface area (Å²) in [5.41, 5.74) is 1.25. The normalized spacial score (nSPS) is 12.0. The van der Waals surface area contributed by atoms with Gasteiger partial charge in [0.2, 0.25) is 0 Å². The summed E-state index contributed by atoms with van der Waals surface area (Å²) in [4.78, 5) is 0. The molecule has 0 atom stereocenters. The van der Waals surface area contributed by atoms with Crippen LogP contribution in [0.25, 0.3) is 0 Å². The Labute approximate surface area is 97.5 Å². The summed E-state index contributed by atoms with van der Waals surface area (Å²) in [6, 6.07) is 2.11. The third-order valence-electron chi connectivity index (χ3n) is 1.98. The molecule has 4 heteroatoms. The molecule has 0 radical (unpaired) electrons. The van der Waals surface area contributed by atoms with Gasteiger partial charge in [-0.1, -0.05) is 13.8 Å². The molecule has 1 heterocycles. The zero-order chi connectivity index (χ0) is 10.6. The third-order valence-corrected chi connectivity index (χ3v) is 3.54. The first-order valence-corrected chi connectivity index (χ1v) is 6.25. The van der Waals surface area contributed by atoms with E-state index in [2.05, 4.69) is 32.7 Å². The molecule has 1 aromatic rings. The van der Waals surface area contributed by atoms with Crippen LogP contribution in [0.1, 0.15) is 19.4 Å². The summed E-state index contributed by atoms with van der Waals surface area (Å²) < 4.78 is 1.16. The Balaban J connectivity index is 2.28. The minimum Gasteiger partial charge on any atom is -0.396 e. The second-order valence-corrected chi connectivity index (χ2v) is 6.48. The van der Waals surface area contributed by atoms with Crippen LogP contribution in [0.4, 0.5) is 0 Å². The molecule has 0 aromatic carbocycles. The SMILES string of the molecule is CC(C)(CO)CNCc1csc(Br)c1. The van der Waals surface area contributed by atoms with Crippen molar-refractivity contribution in [3.05, 3.63) is 20.8 Å². The lowest BCUT2D eigenvalue weighted by Gasteiger charge is -2.21. The van der Waals surface area contributed by atoms with Crippen LogP contribution in [0.3, 0.4) is 0 Å². The van der Waals surface area contributed by atoms with E-state index in [9.17, 15) is 0 Å². The van der Waals surface area contributed by atoms with Gasteiger partial charge in [-0.25, -0.2) is 0 Å². The second-order valence-electron chi connectivity index (χ2n) is 4.18. The van der Waals surface area contributed by atoms with Crippen molar-refractivity contribution < 1.29 is 5.11 Å². The topological polar surface area (TPSA) is 32.3 Å². The lowest BCUT2D eigenvalue weighted by atomic mass is 9.95. The predicted molar refractivity (Wildman–Crippen MR) is 64.6 cm³/mol. The van der Waals surface area contributed by atoms with Gasteiger partial charge < -0.3 is 10.4 Å². The number of thiophene rings is 1. The molecule has 0 amide bonds. The van der Waals surface area contributed by atoms with Gasteiger partial charge in [0, 0.05) is 25.1 Å². The molecule has 2 nitrogen and oxygen atoms in total. The molecule has 0 aliphatic carbocycles. The van der Waals surface area contributed by atoms with Gasteiger partial charge in [-0.3, -0.25) is 0 Å². The van der Waals surface area contributed by atoms with E-state index in [4.69, 9.17) is 5.11 Å². The molecule has 0 unspecified atom stereocenters. The highest BCUT2D eigenvalue weighted by Crippen LogP contribution is 2.20. The summed E-state index contributed by atoms with van der Waals surface area (Å²) in [5, 5.41) is 14.5. The Bertz CT molecular complexity index is 285. The fraction of sp³-hybridized carbons (Fsp3) is 0.600. The number of aliphatic hydroxyl groups excluding tert-OH is 1. The smallest absolute Gasteiger partial charge is 0.0701 e. The highest BCUT2D eigenvalue weighted by molar-refractivity contribution is 9.11. The highest BCUT2D eigenvalue weighted by Gasteiger charge is 2.15. The van der Waals surface area contributed by atoms with E-state index in [-0.39, 0.29) is 12.0 Å². The van der Waals surface area contributed by atoms with Crippen LogP contribution in [0, 0.1) is 5.41 Å². The summed E-state index contributed by atoms with van der Waals surface area (Å²) in [6.07, 6.45) is 0. The highest BCUT2D eigenvalue weighted by atomic mass is 79.9. The maximum atomic E-state index is 9.05. The van der Waals surface area contributed by atoms with E-state index in [0.29, 0.717) is 0 Å². The molecule has 0 bridgehead atoms. The molecule has 1 rings (SSSR count). The first-order chi connectivity index (χ1) is 6.53. The molecular formula is C10H16BrNOS. The van der Waals surface area contributed by atoms with Gasteiger partial charge in [-0.15, -0.1) is 11.3 Å². The molecule has 0 aliphatic heterocycles. The molecule has 0 saturated carbocycles. The maximum Gasteiger partial charge on any atom is 0.0701 e. The first kappa shape index (κ1) is 12.2. The number of hydrogen-bond acceptors (Lipinski definition) is 3. The zero-order valence-corrected chi connectivity index (χ0v) is 10.9. The van der Waals surface area contributed by atoms with Gasteiger partial charge in [0.25, 0.3) is 0 Å². The average Bonchev–Trinajstić information content (AvgIpc) is 2.51. The molecule has 14 heavy (non-hydrogen) atoms. The summed E-state index contributed by atoms with van der Waals surface area (Å²) in [5.74, 6) is 0. The van der Waals surface area contributed by atoms with Gasteiger partial charge in [-0.2, -0.15) is 0 Å². The molecule has 0 aliphatic rings. The number of nitrogens with one attached hydrogen (secondary N) is 1. The quantitative estimate of drug-likeness (QED) is 0.867. The summed E-state index contributed by atoms with van der Waals surface area (Å²) >= 11 is 5.12. The molecule has 0 spiro atoms. The van der Waals surface area contributed by atoms with Crippen LogP contribution >= 0.6 is 27.3 Å². The number of rotatable bonds is 5. The number of aliphatic hydroxyl groups is 1. The van der Waals surface area contributed by atoms with Crippen LogP contribution in [-0.4, -0.2) is 18.3 Å². The largest absolute Gasteiger partial charge is 0.396 e. The summed E-state index contributed by atoms with van der Waals surface area (Å²) in [6.45, 7) is 6.00. The Kier molecular flexibility index (Phi) is 4.57. The van der Waals surface area contributed by atoms with E-state index >= 15 is 0 Å². The second kappa shape index (κ2) is 5.26. The number of hydrogen-bond donors (Lipinski definition) is 2. The predicted octanol–water partition coefficient (Wildman–Crippen LogP) is 2.62. The minimum absolute atomic E-state index is 0.0345. The fourth-order valence-corrected chi connectivity index (χ4v) is 2.25. The van der Waals surface area contributed by atoms with E-state index in [1.165, 1.54) is 5.56 Å². The van der Waals surface area contributed by atoms with Crippen molar-refractivity contribution in [3.8, 4) is 0 Å². The zero-order valence-electron chi connectivity index (χ0n) is 8.51. The van der Waals surface area contributed by atoms with Crippen molar-refractivity contribution in [2.24, 2.45) is 5.41 Å². The lowest BCUT2D eigenvalue weighted by Crippen LogP contribution is -2.31. The lowest BCUT2D eigenvalue weighted by molar-refractivity contribution is 0.156. The number of halogens is 1. The Hall–Kier alpha value is 0.100.